The van der Waals surface area contributed by atoms with Crippen LogP contribution < -0.4 is 0 Å². The van der Waals surface area contributed by atoms with Crippen LogP contribution in [0.5, 0.6) is 0 Å². The highest BCUT2D eigenvalue weighted by Crippen LogP contribution is 2.54. The maximum atomic E-state index is 4.76. The van der Waals surface area contributed by atoms with Crippen molar-refractivity contribution >= 4 is 43.4 Å². The maximum absolute atomic E-state index is 4.76. The molecule has 0 aliphatic heterocycles. The van der Waals surface area contributed by atoms with Gasteiger partial charge in [0.1, 0.15) is 0 Å². The van der Waals surface area contributed by atoms with E-state index in [2.05, 4.69) is 145 Å². The number of hydrogen-bond acceptors (Lipinski definition) is 2. The Hall–Kier alpha value is -6.06. The number of pyridine rings is 2. The van der Waals surface area contributed by atoms with E-state index >= 15 is 0 Å². The van der Waals surface area contributed by atoms with Crippen molar-refractivity contribution in [2.75, 3.05) is 0 Å². The SMILES string of the molecule is CC1(C)c2cc3ccccc3cc2-c2ccc3c(c21)c1cc2ccccc2cc1n3-c1cc(-c2cccnc2)cc(-c2ccccn2)c1. The molecule has 3 heteroatoms. The van der Waals surface area contributed by atoms with Gasteiger partial charge in [0.25, 0.3) is 0 Å². The lowest BCUT2D eigenvalue weighted by molar-refractivity contribution is 0.667. The van der Waals surface area contributed by atoms with Crippen molar-refractivity contribution in [3.05, 3.63) is 163 Å². The van der Waals surface area contributed by atoms with Crippen LogP contribution >= 0.6 is 0 Å². The summed E-state index contributed by atoms with van der Waals surface area (Å²) in [6.07, 6.45) is 5.64. The first-order chi connectivity index (χ1) is 23.5. The molecular formula is C45H31N3. The predicted molar refractivity (Wildman–Crippen MR) is 200 cm³/mol. The molecule has 0 spiro atoms. The molecule has 0 radical (unpaired) electrons. The summed E-state index contributed by atoms with van der Waals surface area (Å²) in [5.41, 5.74) is 13.0. The molecule has 10 rings (SSSR count). The van der Waals surface area contributed by atoms with Crippen LogP contribution in [0.3, 0.4) is 0 Å². The minimum atomic E-state index is -0.185. The largest absolute Gasteiger partial charge is 0.309 e. The average Bonchev–Trinajstić information content (AvgIpc) is 3.57. The Morgan fingerprint density at radius 3 is 2.02 bits per heavy atom. The van der Waals surface area contributed by atoms with E-state index in [0.717, 1.165) is 28.1 Å². The average molecular weight is 614 g/mol. The van der Waals surface area contributed by atoms with Crippen LogP contribution in [0.25, 0.3) is 82.5 Å². The molecule has 1 aliphatic rings. The normalized spacial score (nSPS) is 13.4. The van der Waals surface area contributed by atoms with E-state index in [-0.39, 0.29) is 5.41 Å². The molecule has 0 saturated heterocycles. The van der Waals surface area contributed by atoms with Gasteiger partial charge < -0.3 is 4.57 Å². The lowest BCUT2D eigenvalue weighted by Crippen LogP contribution is -2.15. The molecule has 3 nitrogen and oxygen atoms in total. The second kappa shape index (κ2) is 9.97. The van der Waals surface area contributed by atoms with Gasteiger partial charge in [-0.3, -0.25) is 9.97 Å². The molecule has 0 fully saturated rings. The number of hydrogen-bond donors (Lipinski definition) is 0. The van der Waals surface area contributed by atoms with Crippen LogP contribution in [0.4, 0.5) is 0 Å². The third-order valence-corrected chi connectivity index (χ3v) is 10.4. The molecule has 3 heterocycles. The fourth-order valence-electron chi connectivity index (χ4n) is 8.18. The van der Waals surface area contributed by atoms with Crippen LogP contribution in [0, 0.1) is 0 Å². The molecule has 0 saturated carbocycles. The van der Waals surface area contributed by atoms with Gasteiger partial charge in [0.05, 0.1) is 16.7 Å². The zero-order valence-electron chi connectivity index (χ0n) is 26.8. The number of fused-ring (bicyclic) bond motifs is 9. The van der Waals surface area contributed by atoms with Crippen LogP contribution in [0.15, 0.2) is 152 Å². The Kier molecular flexibility index (Phi) is 5.63. The first kappa shape index (κ1) is 27.1. The molecule has 0 unspecified atom stereocenters. The highest BCUT2D eigenvalue weighted by atomic mass is 15.0. The zero-order valence-corrected chi connectivity index (χ0v) is 26.8. The topological polar surface area (TPSA) is 30.7 Å². The zero-order chi connectivity index (χ0) is 32.0. The lowest BCUT2D eigenvalue weighted by Gasteiger charge is -2.23. The third-order valence-electron chi connectivity index (χ3n) is 10.4. The molecule has 48 heavy (non-hydrogen) atoms. The fourth-order valence-corrected chi connectivity index (χ4v) is 8.18. The summed E-state index contributed by atoms with van der Waals surface area (Å²) in [5, 5.41) is 7.65. The van der Waals surface area contributed by atoms with Crippen molar-refractivity contribution in [1.82, 2.24) is 14.5 Å². The van der Waals surface area contributed by atoms with Gasteiger partial charge in [-0.05, 0) is 116 Å². The highest BCUT2D eigenvalue weighted by Gasteiger charge is 2.38. The van der Waals surface area contributed by atoms with Gasteiger partial charge in [-0.1, -0.05) is 80.6 Å². The van der Waals surface area contributed by atoms with Crippen molar-refractivity contribution in [3.63, 3.8) is 0 Å². The Morgan fingerprint density at radius 2 is 1.27 bits per heavy atom. The molecule has 0 atom stereocenters. The van der Waals surface area contributed by atoms with Crippen molar-refractivity contribution < 1.29 is 0 Å². The van der Waals surface area contributed by atoms with Gasteiger partial charge in [-0.2, -0.15) is 0 Å². The molecule has 6 aromatic carbocycles. The highest BCUT2D eigenvalue weighted by molar-refractivity contribution is 6.18. The summed E-state index contributed by atoms with van der Waals surface area (Å²) in [5.74, 6) is 0. The second-order valence-electron chi connectivity index (χ2n) is 13.5. The van der Waals surface area contributed by atoms with Gasteiger partial charge >= 0.3 is 0 Å². The Bertz CT molecular complexity index is 2680. The van der Waals surface area contributed by atoms with E-state index in [9.17, 15) is 0 Å². The standard InChI is InChI=1S/C45H31N3/c1-45(2)39-25-30-12-5-3-10-28(30)23-37(39)36-16-17-41-43(44(36)45)38-24-29-11-4-6-13-31(29)26-42(38)48(41)35-21-33(32-14-9-18-46-27-32)20-34(22-35)40-15-7-8-19-47-40/h3-27H,1-2H3. The molecule has 0 bridgehead atoms. The molecule has 0 N–H and O–H groups in total. The first-order valence-electron chi connectivity index (χ1n) is 16.6. The van der Waals surface area contributed by atoms with Crippen LogP contribution in [-0.4, -0.2) is 14.5 Å². The summed E-state index contributed by atoms with van der Waals surface area (Å²) in [6, 6.07) is 48.8. The van der Waals surface area contributed by atoms with E-state index in [0.29, 0.717) is 0 Å². The van der Waals surface area contributed by atoms with E-state index in [4.69, 9.17) is 4.98 Å². The molecular weight excluding hydrogens is 583 g/mol. The van der Waals surface area contributed by atoms with Crippen LogP contribution in [0.2, 0.25) is 0 Å². The Labute approximate surface area is 278 Å². The smallest absolute Gasteiger partial charge is 0.0702 e. The van der Waals surface area contributed by atoms with Crippen molar-refractivity contribution in [2.45, 2.75) is 19.3 Å². The van der Waals surface area contributed by atoms with Gasteiger partial charge in [-0.15, -0.1) is 0 Å². The fraction of sp³-hybridized carbons (Fsp3) is 0.0667. The van der Waals surface area contributed by atoms with E-state index < -0.39 is 0 Å². The van der Waals surface area contributed by atoms with E-state index in [1.165, 1.54) is 65.6 Å². The summed E-state index contributed by atoms with van der Waals surface area (Å²) in [7, 11) is 0. The van der Waals surface area contributed by atoms with Gasteiger partial charge in [0.15, 0.2) is 0 Å². The summed E-state index contributed by atoms with van der Waals surface area (Å²) >= 11 is 0. The van der Waals surface area contributed by atoms with Crippen molar-refractivity contribution in [2.24, 2.45) is 0 Å². The van der Waals surface area contributed by atoms with Crippen LogP contribution in [-0.2, 0) is 5.41 Å². The summed E-state index contributed by atoms with van der Waals surface area (Å²) < 4.78 is 2.47. The minimum absolute atomic E-state index is 0.185. The molecule has 226 valence electrons. The lowest BCUT2D eigenvalue weighted by atomic mass is 9.80. The molecule has 0 amide bonds. The monoisotopic (exact) mass is 613 g/mol. The summed E-state index contributed by atoms with van der Waals surface area (Å²) in [4.78, 5) is 9.22. The predicted octanol–water partition coefficient (Wildman–Crippen LogP) is 11.5. The van der Waals surface area contributed by atoms with Crippen molar-refractivity contribution in [3.8, 4) is 39.2 Å². The van der Waals surface area contributed by atoms with Crippen molar-refractivity contribution in [1.29, 1.82) is 0 Å². The first-order valence-corrected chi connectivity index (χ1v) is 16.6. The Balaban J connectivity index is 1.34. The number of aromatic nitrogens is 3. The molecule has 3 aromatic heterocycles. The van der Waals surface area contributed by atoms with Gasteiger partial charge in [-0.25, -0.2) is 0 Å². The van der Waals surface area contributed by atoms with E-state index in [1.54, 1.807) is 0 Å². The quantitative estimate of drug-likeness (QED) is 0.198. The van der Waals surface area contributed by atoms with Gasteiger partial charge in [0.2, 0.25) is 0 Å². The number of rotatable bonds is 3. The van der Waals surface area contributed by atoms with Crippen LogP contribution in [0.1, 0.15) is 25.0 Å². The number of benzene rings is 6. The summed E-state index contributed by atoms with van der Waals surface area (Å²) in [6.45, 7) is 4.80. The third kappa shape index (κ3) is 3.88. The number of nitrogens with zero attached hydrogens (tertiary/aromatic N) is 3. The molecule has 1 aliphatic carbocycles. The Morgan fingerprint density at radius 1 is 0.542 bits per heavy atom. The van der Waals surface area contributed by atoms with E-state index in [1.807, 2.05) is 30.7 Å². The van der Waals surface area contributed by atoms with Gasteiger partial charge in [0, 0.05) is 51.6 Å². The second-order valence-corrected chi connectivity index (χ2v) is 13.5. The minimum Gasteiger partial charge on any atom is -0.309 e. The maximum Gasteiger partial charge on any atom is 0.0702 e. The molecule has 9 aromatic rings.